The number of nitrogens with one attached hydrogen (secondary N) is 1. The number of hydrogen-bond donors (Lipinski definition) is 1. The van der Waals surface area contributed by atoms with E-state index in [0.29, 0.717) is 0 Å². The van der Waals surface area contributed by atoms with Gasteiger partial charge in [0.05, 0.1) is 0 Å². The molecule has 0 amide bonds. The third kappa shape index (κ3) is 1.37. The van der Waals surface area contributed by atoms with Crippen LogP contribution in [0.2, 0.25) is 0 Å². The van der Waals surface area contributed by atoms with Crippen LogP contribution in [0.25, 0.3) is 12.2 Å². The normalized spacial score (nSPS) is 9.42. The fourth-order valence-electron chi connectivity index (χ4n) is 1.15. The van der Waals surface area contributed by atoms with Crippen molar-refractivity contribution in [1.82, 2.24) is 4.98 Å². The Morgan fingerprint density at radius 2 is 2.08 bits per heavy atom. The highest BCUT2D eigenvalue weighted by molar-refractivity contribution is 5.62. The van der Waals surface area contributed by atoms with Gasteiger partial charge < -0.3 is 4.98 Å². The number of aryl methyl sites for hydroxylation is 1. The van der Waals surface area contributed by atoms with E-state index in [9.17, 15) is 4.79 Å². The van der Waals surface area contributed by atoms with Gasteiger partial charge in [0, 0.05) is 17.3 Å². The van der Waals surface area contributed by atoms with Gasteiger partial charge >= 0.3 is 0 Å². The molecule has 2 heteroatoms. The summed E-state index contributed by atoms with van der Waals surface area (Å²) in [5, 5.41) is 0. The number of aromatic amines is 1. The predicted molar refractivity (Wildman–Crippen MR) is 52.0 cm³/mol. The van der Waals surface area contributed by atoms with E-state index in [0.717, 1.165) is 16.8 Å². The van der Waals surface area contributed by atoms with Crippen LogP contribution in [0.3, 0.4) is 0 Å². The second-order valence-electron chi connectivity index (χ2n) is 2.55. The molecule has 1 aromatic heterocycles. The first kappa shape index (κ1) is 8.53. The summed E-state index contributed by atoms with van der Waals surface area (Å²) in [5.41, 5.74) is 2.48. The Hall–Kier alpha value is -1.57. The van der Waals surface area contributed by atoms with Crippen molar-refractivity contribution in [3.05, 3.63) is 46.4 Å². The molecule has 0 atom stereocenters. The number of aromatic nitrogens is 1. The molecular formula is C10H11NO. The molecule has 0 fully saturated rings. The second kappa shape index (κ2) is 3.22. The Morgan fingerprint density at radius 3 is 2.58 bits per heavy atom. The van der Waals surface area contributed by atoms with E-state index in [1.807, 2.05) is 6.92 Å². The topological polar surface area (TPSA) is 32.9 Å². The largest absolute Gasteiger partial charge is 0.322 e. The zero-order valence-electron chi connectivity index (χ0n) is 7.05. The fraction of sp³-hybridized carbons (Fsp3) is 0.100. The van der Waals surface area contributed by atoms with Crippen molar-refractivity contribution in [2.45, 2.75) is 6.92 Å². The molecule has 0 saturated heterocycles. The van der Waals surface area contributed by atoms with Gasteiger partial charge in [-0.25, -0.2) is 0 Å². The van der Waals surface area contributed by atoms with Crippen LogP contribution < -0.4 is 5.56 Å². The van der Waals surface area contributed by atoms with Crippen LogP contribution in [0.5, 0.6) is 0 Å². The molecule has 1 N–H and O–H groups in total. The second-order valence-corrected chi connectivity index (χ2v) is 2.55. The molecule has 12 heavy (non-hydrogen) atoms. The van der Waals surface area contributed by atoms with Crippen molar-refractivity contribution >= 4 is 12.2 Å². The molecule has 0 radical (unpaired) electrons. The Bertz CT molecular complexity index is 374. The van der Waals surface area contributed by atoms with Gasteiger partial charge in [-0.2, -0.15) is 0 Å². The molecule has 0 aliphatic rings. The van der Waals surface area contributed by atoms with Crippen molar-refractivity contribution < 1.29 is 0 Å². The molecule has 0 aromatic carbocycles. The molecule has 0 saturated carbocycles. The third-order valence-corrected chi connectivity index (χ3v) is 1.73. The number of rotatable bonds is 2. The lowest BCUT2D eigenvalue weighted by Crippen LogP contribution is -2.08. The van der Waals surface area contributed by atoms with E-state index in [1.165, 1.54) is 0 Å². The quantitative estimate of drug-likeness (QED) is 0.706. The molecule has 1 aromatic rings. The minimum Gasteiger partial charge on any atom is -0.322 e. The van der Waals surface area contributed by atoms with E-state index < -0.39 is 0 Å². The smallest absolute Gasteiger partial charge is 0.248 e. The van der Waals surface area contributed by atoms with Crippen LogP contribution in [0.15, 0.2) is 24.0 Å². The van der Waals surface area contributed by atoms with Crippen molar-refractivity contribution in [3.8, 4) is 0 Å². The van der Waals surface area contributed by atoms with E-state index in [1.54, 1.807) is 18.2 Å². The van der Waals surface area contributed by atoms with Crippen molar-refractivity contribution in [3.63, 3.8) is 0 Å². The van der Waals surface area contributed by atoms with Crippen LogP contribution in [0.1, 0.15) is 16.8 Å². The summed E-state index contributed by atoms with van der Waals surface area (Å²) >= 11 is 0. The van der Waals surface area contributed by atoms with Crippen LogP contribution in [0, 0.1) is 6.92 Å². The maximum absolute atomic E-state index is 11.0. The SMILES string of the molecule is C=Cc1[nH]c(=O)cc(C)c1C=C. The van der Waals surface area contributed by atoms with Crippen molar-refractivity contribution in [2.75, 3.05) is 0 Å². The molecule has 0 unspecified atom stereocenters. The number of pyridine rings is 1. The van der Waals surface area contributed by atoms with E-state index in [2.05, 4.69) is 18.1 Å². The highest BCUT2D eigenvalue weighted by atomic mass is 16.1. The van der Waals surface area contributed by atoms with E-state index in [-0.39, 0.29) is 5.56 Å². The zero-order chi connectivity index (χ0) is 9.14. The van der Waals surface area contributed by atoms with Crippen LogP contribution in [-0.2, 0) is 0 Å². The average molecular weight is 161 g/mol. The summed E-state index contributed by atoms with van der Waals surface area (Å²) in [6.45, 7) is 9.14. The highest BCUT2D eigenvalue weighted by Crippen LogP contribution is 2.11. The monoisotopic (exact) mass is 161 g/mol. The van der Waals surface area contributed by atoms with Crippen molar-refractivity contribution in [2.24, 2.45) is 0 Å². The van der Waals surface area contributed by atoms with Gasteiger partial charge in [-0.3, -0.25) is 4.79 Å². The van der Waals surface area contributed by atoms with Crippen LogP contribution in [0.4, 0.5) is 0 Å². The molecule has 0 aliphatic heterocycles. The highest BCUT2D eigenvalue weighted by Gasteiger charge is 2.00. The van der Waals surface area contributed by atoms with Gasteiger partial charge in [0.25, 0.3) is 0 Å². The summed E-state index contributed by atoms with van der Waals surface area (Å²) < 4.78 is 0. The fourth-order valence-corrected chi connectivity index (χ4v) is 1.15. The van der Waals surface area contributed by atoms with Crippen LogP contribution in [-0.4, -0.2) is 4.98 Å². The molecule has 2 nitrogen and oxygen atoms in total. The maximum Gasteiger partial charge on any atom is 0.248 e. The molecule has 0 aliphatic carbocycles. The average Bonchev–Trinajstić information content (AvgIpc) is 2.03. The zero-order valence-corrected chi connectivity index (χ0v) is 7.05. The Kier molecular flexibility index (Phi) is 2.29. The predicted octanol–water partition coefficient (Wildman–Crippen LogP) is 1.97. The minimum atomic E-state index is -0.104. The van der Waals surface area contributed by atoms with Gasteiger partial charge in [0.15, 0.2) is 0 Å². The Balaban J connectivity index is 3.53. The third-order valence-electron chi connectivity index (χ3n) is 1.73. The first-order valence-corrected chi connectivity index (χ1v) is 3.68. The van der Waals surface area contributed by atoms with Gasteiger partial charge in [0.2, 0.25) is 5.56 Å². The molecular weight excluding hydrogens is 150 g/mol. The van der Waals surface area contributed by atoms with Gasteiger partial charge in [-0.05, 0) is 18.6 Å². The van der Waals surface area contributed by atoms with E-state index in [4.69, 9.17) is 0 Å². The molecule has 0 spiro atoms. The van der Waals surface area contributed by atoms with Gasteiger partial charge in [-0.15, -0.1) is 0 Å². The lowest BCUT2D eigenvalue weighted by Gasteiger charge is -2.02. The number of H-pyrrole nitrogens is 1. The minimum absolute atomic E-state index is 0.104. The number of hydrogen-bond acceptors (Lipinski definition) is 1. The summed E-state index contributed by atoms with van der Waals surface area (Å²) in [5.74, 6) is 0. The van der Waals surface area contributed by atoms with E-state index >= 15 is 0 Å². The molecule has 62 valence electrons. The lowest BCUT2D eigenvalue weighted by molar-refractivity contribution is 1.17. The summed E-state index contributed by atoms with van der Waals surface area (Å²) in [7, 11) is 0. The first-order valence-electron chi connectivity index (χ1n) is 3.68. The van der Waals surface area contributed by atoms with Gasteiger partial charge in [-0.1, -0.05) is 19.2 Å². The van der Waals surface area contributed by atoms with Crippen molar-refractivity contribution in [1.29, 1.82) is 0 Å². The Labute approximate surface area is 71.3 Å². The maximum atomic E-state index is 11.0. The summed E-state index contributed by atoms with van der Waals surface area (Å²) in [6, 6.07) is 1.55. The molecule has 1 rings (SSSR count). The summed E-state index contributed by atoms with van der Waals surface area (Å²) in [4.78, 5) is 13.7. The lowest BCUT2D eigenvalue weighted by atomic mass is 10.1. The van der Waals surface area contributed by atoms with Gasteiger partial charge in [0.1, 0.15) is 0 Å². The first-order chi connectivity index (χ1) is 5.69. The van der Waals surface area contributed by atoms with Crippen LogP contribution >= 0.6 is 0 Å². The standard InChI is InChI=1S/C10H11NO/c1-4-8-7(3)6-10(12)11-9(8)5-2/h4-6H,1-2H2,3H3,(H,11,12). The molecule has 1 heterocycles. The Morgan fingerprint density at radius 1 is 1.42 bits per heavy atom. The summed E-state index contributed by atoms with van der Waals surface area (Å²) in [6.07, 6.45) is 3.33. The molecule has 0 bridgehead atoms.